The highest BCUT2D eigenvalue weighted by molar-refractivity contribution is 7.93. The number of hydrogen-bond acceptors (Lipinski definition) is 5. The average Bonchev–Trinajstić information content (AvgIpc) is 2.87. The number of hydrogen-bond donors (Lipinski definition) is 4. The zero-order valence-corrected chi connectivity index (χ0v) is 22.1. The van der Waals surface area contributed by atoms with Crippen LogP contribution in [-0.2, 0) is 29.4 Å². The number of nitrogens with one attached hydrogen (secondary N) is 3. The Hall–Kier alpha value is -3.55. The Bertz CT molecular complexity index is 1400. The smallest absolute Gasteiger partial charge is 0.390 e. The van der Waals surface area contributed by atoms with E-state index in [0.717, 1.165) is 53.9 Å². The van der Waals surface area contributed by atoms with Crippen LogP contribution in [0.15, 0.2) is 66.7 Å². The van der Waals surface area contributed by atoms with E-state index in [4.69, 9.17) is 0 Å². The van der Waals surface area contributed by atoms with E-state index in [9.17, 15) is 40.3 Å². The minimum absolute atomic E-state index is 0.0112. The normalized spacial score (nSPS) is 13.5. The second-order valence-corrected chi connectivity index (χ2v) is 10.7. The maximum Gasteiger partial charge on any atom is 0.516 e. The molecule has 13 heteroatoms. The third kappa shape index (κ3) is 8.73. The number of sulfonamides is 1. The molecule has 3 aromatic rings. The molecule has 0 spiro atoms. The molecule has 3 aromatic carbocycles. The molecule has 0 aliphatic carbocycles. The van der Waals surface area contributed by atoms with Gasteiger partial charge in [0.2, 0.25) is 0 Å². The molecule has 1 amide bonds. The van der Waals surface area contributed by atoms with Gasteiger partial charge in [-0.15, -0.1) is 0 Å². The van der Waals surface area contributed by atoms with Gasteiger partial charge < -0.3 is 15.7 Å². The van der Waals surface area contributed by atoms with Gasteiger partial charge in [0.15, 0.2) is 0 Å². The number of aryl methyl sites for hydroxylation is 1. The number of benzene rings is 3. The van der Waals surface area contributed by atoms with Crippen molar-refractivity contribution in [1.29, 1.82) is 0 Å². The molecule has 0 saturated heterocycles. The first kappa shape index (κ1) is 31.0. The second kappa shape index (κ2) is 13.2. The van der Waals surface area contributed by atoms with E-state index in [2.05, 4.69) is 10.6 Å². The van der Waals surface area contributed by atoms with Crippen LogP contribution in [0.4, 0.5) is 27.6 Å². The van der Waals surface area contributed by atoms with Crippen LogP contribution in [0.1, 0.15) is 34.0 Å². The van der Waals surface area contributed by atoms with Crippen molar-refractivity contribution in [2.45, 2.75) is 44.0 Å². The summed E-state index contributed by atoms with van der Waals surface area (Å²) in [6.45, 7) is 2.44. The fourth-order valence-corrected chi connectivity index (χ4v) is 4.45. The number of anilines is 1. The van der Waals surface area contributed by atoms with Crippen molar-refractivity contribution >= 4 is 21.6 Å². The Morgan fingerprint density at radius 2 is 1.55 bits per heavy atom. The Morgan fingerprint density at radius 3 is 2.15 bits per heavy atom. The van der Waals surface area contributed by atoms with Crippen LogP contribution in [0, 0.1) is 11.6 Å². The summed E-state index contributed by atoms with van der Waals surface area (Å²) >= 11 is 0. The van der Waals surface area contributed by atoms with Gasteiger partial charge in [-0.1, -0.05) is 31.2 Å². The monoisotopic (exact) mass is 585 g/mol. The lowest BCUT2D eigenvalue weighted by Crippen LogP contribution is -2.48. The van der Waals surface area contributed by atoms with Gasteiger partial charge in [-0.2, -0.15) is 21.6 Å². The van der Waals surface area contributed by atoms with Crippen molar-refractivity contribution in [2.75, 3.05) is 11.3 Å². The lowest BCUT2D eigenvalue weighted by Gasteiger charge is -2.25. The lowest BCUT2D eigenvalue weighted by molar-refractivity contribution is -0.0429. The van der Waals surface area contributed by atoms with Crippen LogP contribution in [0.3, 0.4) is 0 Å². The summed E-state index contributed by atoms with van der Waals surface area (Å²) < 4.78 is 89.3. The molecule has 0 unspecified atom stereocenters. The molecule has 3 rings (SSSR count). The minimum atomic E-state index is -5.64. The summed E-state index contributed by atoms with van der Waals surface area (Å²) in [7, 11) is -5.64. The van der Waals surface area contributed by atoms with E-state index in [0.29, 0.717) is 12.6 Å². The van der Waals surface area contributed by atoms with Crippen molar-refractivity contribution in [2.24, 2.45) is 0 Å². The SMILES string of the molecule is CCc1cccc(CNC[C@H](O)[C@H](Cc2cc(F)cc(F)c2)NC(=O)c2ccc(NS(=O)(=O)C(F)(F)F)cc2)c1. The van der Waals surface area contributed by atoms with Crippen LogP contribution in [0.5, 0.6) is 0 Å². The maximum atomic E-state index is 13.8. The highest BCUT2D eigenvalue weighted by Crippen LogP contribution is 2.25. The van der Waals surface area contributed by atoms with Gasteiger partial charge in [0.05, 0.1) is 12.1 Å². The number of alkyl halides is 3. The maximum absolute atomic E-state index is 13.8. The molecule has 0 aliphatic heterocycles. The van der Waals surface area contributed by atoms with Gasteiger partial charge in [0, 0.05) is 30.4 Å². The van der Waals surface area contributed by atoms with Crippen LogP contribution in [0.25, 0.3) is 0 Å². The third-order valence-electron chi connectivity index (χ3n) is 5.95. The van der Waals surface area contributed by atoms with Gasteiger partial charge >= 0.3 is 15.5 Å². The molecule has 0 radical (unpaired) electrons. The molecule has 0 aromatic heterocycles. The summed E-state index contributed by atoms with van der Waals surface area (Å²) in [5.74, 6) is -2.41. The highest BCUT2D eigenvalue weighted by atomic mass is 32.2. The number of carbonyl (C=O) groups is 1. The highest BCUT2D eigenvalue weighted by Gasteiger charge is 2.46. The van der Waals surface area contributed by atoms with E-state index in [-0.39, 0.29) is 24.1 Å². The first-order valence-electron chi connectivity index (χ1n) is 12.2. The van der Waals surface area contributed by atoms with Crippen LogP contribution in [0.2, 0.25) is 0 Å². The Kier molecular flexibility index (Phi) is 10.2. The standard InChI is InChI=1S/C27H28F5N3O4S/c1-2-17-4-3-5-18(10-17)15-33-16-25(36)24(13-19-11-21(28)14-22(29)12-19)34-26(37)20-6-8-23(9-7-20)35-40(38,39)27(30,31)32/h3-12,14,24-25,33,35-36H,2,13,15-16H2,1H3,(H,34,37)/t24-,25-/m0/s1. The molecule has 7 nitrogen and oxygen atoms in total. The zero-order valence-electron chi connectivity index (χ0n) is 21.3. The fourth-order valence-electron chi connectivity index (χ4n) is 3.89. The van der Waals surface area contributed by atoms with Crippen molar-refractivity contribution in [3.63, 3.8) is 0 Å². The first-order chi connectivity index (χ1) is 18.8. The molecular weight excluding hydrogens is 557 g/mol. The molecule has 2 atom stereocenters. The number of carbonyl (C=O) groups excluding carboxylic acids is 1. The lowest BCUT2D eigenvalue weighted by atomic mass is 10.00. The summed E-state index contributed by atoms with van der Waals surface area (Å²) in [6.07, 6.45) is -0.496. The summed E-state index contributed by atoms with van der Waals surface area (Å²) in [4.78, 5) is 12.9. The average molecular weight is 586 g/mol. The van der Waals surface area contributed by atoms with Crippen molar-refractivity contribution in [3.8, 4) is 0 Å². The van der Waals surface area contributed by atoms with E-state index >= 15 is 0 Å². The van der Waals surface area contributed by atoms with Crippen LogP contribution < -0.4 is 15.4 Å². The number of aliphatic hydroxyl groups is 1. The van der Waals surface area contributed by atoms with Crippen LogP contribution >= 0.6 is 0 Å². The second-order valence-electron chi connectivity index (χ2n) is 9.06. The first-order valence-corrected chi connectivity index (χ1v) is 13.7. The van der Waals surface area contributed by atoms with Gasteiger partial charge in [0.25, 0.3) is 5.91 Å². The molecule has 0 heterocycles. The molecule has 0 bridgehead atoms. The van der Waals surface area contributed by atoms with Crippen LogP contribution in [-0.4, -0.2) is 43.6 Å². The van der Waals surface area contributed by atoms with E-state index in [1.165, 1.54) is 4.72 Å². The molecule has 216 valence electrons. The molecule has 0 saturated carbocycles. The largest absolute Gasteiger partial charge is 0.516 e. The summed E-state index contributed by atoms with van der Waals surface area (Å²) in [5, 5.41) is 16.6. The predicted octanol–water partition coefficient (Wildman–Crippen LogP) is 4.28. The van der Waals surface area contributed by atoms with Crippen molar-refractivity contribution in [1.82, 2.24) is 10.6 Å². The molecule has 40 heavy (non-hydrogen) atoms. The Morgan fingerprint density at radius 1 is 0.925 bits per heavy atom. The summed E-state index contributed by atoms with van der Waals surface area (Å²) in [5.41, 5.74) is -3.71. The Labute approximate surface area is 228 Å². The van der Waals surface area contributed by atoms with E-state index < -0.39 is 50.9 Å². The minimum Gasteiger partial charge on any atom is -0.390 e. The number of aliphatic hydroxyl groups excluding tert-OH is 1. The molecule has 4 N–H and O–H groups in total. The van der Waals surface area contributed by atoms with Gasteiger partial charge in [-0.3, -0.25) is 9.52 Å². The van der Waals surface area contributed by atoms with E-state index in [1.54, 1.807) is 0 Å². The number of amides is 1. The van der Waals surface area contributed by atoms with E-state index in [1.807, 2.05) is 31.2 Å². The third-order valence-corrected chi connectivity index (χ3v) is 7.06. The summed E-state index contributed by atoms with van der Waals surface area (Å²) in [6, 6.07) is 13.7. The predicted molar refractivity (Wildman–Crippen MR) is 140 cm³/mol. The molecule has 0 fully saturated rings. The molecule has 0 aliphatic rings. The number of halogens is 5. The number of rotatable bonds is 12. The van der Waals surface area contributed by atoms with Gasteiger partial charge in [0.1, 0.15) is 11.6 Å². The quantitative estimate of drug-likeness (QED) is 0.238. The molecular formula is C27H28F5N3O4S. The Balaban J connectivity index is 1.72. The van der Waals surface area contributed by atoms with Gasteiger partial charge in [-0.05, 0) is 65.9 Å². The van der Waals surface area contributed by atoms with Crippen molar-refractivity contribution in [3.05, 3.63) is 101 Å². The zero-order chi connectivity index (χ0) is 29.5. The van der Waals surface area contributed by atoms with Crippen molar-refractivity contribution < 1.29 is 40.3 Å². The topological polar surface area (TPSA) is 108 Å². The fraction of sp³-hybridized carbons (Fsp3) is 0.296. The van der Waals surface area contributed by atoms with Gasteiger partial charge in [-0.25, -0.2) is 8.78 Å².